The lowest BCUT2D eigenvalue weighted by atomic mass is 10.1. The zero-order valence-corrected chi connectivity index (χ0v) is 12.6. The Balaban J connectivity index is 2.02. The van der Waals surface area contributed by atoms with Crippen molar-refractivity contribution in [2.45, 2.75) is 39.5 Å². The number of carbonyl (C=O) groups excluding carboxylic acids is 1. The number of nitrogens with zero attached hydrogens (tertiary/aromatic N) is 1. The van der Waals surface area contributed by atoms with Gasteiger partial charge in [-0.3, -0.25) is 10.1 Å². The van der Waals surface area contributed by atoms with Crippen LogP contribution in [0.4, 0.5) is 0 Å². The lowest BCUT2D eigenvalue weighted by Crippen LogP contribution is -2.33. The molecule has 1 aromatic carbocycles. The molecule has 0 radical (unpaired) electrons. The Bertz CT molecular complexity index is 442. The third-order valence-corrected chi connectivity index (χ3v) is 3.57. The second-order valence-electron chi connectivity index (χ2n) is 5.39. The van der Waals surface area contributed by atoms with Gasteiger partial charge >= 0.3 is 0 Å². The smallest absolute Gasteiger partial charge is 0.238 e. The normalized spacial score (nSPS) is 19.1. The number of hydrogen-bond acceptors (Lipinski definition) is 3. The van der Waals surface area contributed by atoms with E-state index in [1.54, 1.807) is 0 Å². The molecule has 1 N–H and O–H groups in total. The van der Waals surface area contributed by atoms with E-state index in [1.807, 2.05) is 18.7 Å². The predicted molar refractivity (Wildman–Crippen MR) is 79.4 cm³/mol. The second-order valence-corrected chi connectivity index (χ2v) is 5.39. The molecule has 1 atom stereocenters. The Morgan fingerprint density at radius 1 is 1.35 bits per heavy atom. The molecule has 4 nitrogen and oxygen atoms in total. The topological polar surface area (TPSA) is 41.6 Å². The maximum absolute atomic E-state index is 12.0. The third kappa shape index (κ3) is 3.58. The maximum Gasteiger partial charge on any atom is 0.238 e. The van der Waals surface area contributed by atoms with Crippen LogP contribution in [0.25, 0.3) is 0 Å². The first-order valence-electron chi connectivity index (χ1n) is 7.35. The largest absolute Gasteiger partial charge is 0.377 e. The van der Waals surface area contributed by atoms with Crippen LogP contribution in [0.1, 0.15) is 38.1 Å². The summed E-state index contributed by atoms with van der Waals surface area (Å²) in [5.74, 6) is 0.141. The van der Waals surface area contributed by atoms with Crippen LogP contribution in [0.5, 0.6) is 0 Å². The van der Waals surface area contributed by atoms with Gasteiger partial charge in [0, 0.05) is 6.54 Å². The van der Waals surface area contributed by atoms with E-state index in [2.05, 4.69) is 36.5 Å². The molecule has 1 aromatic rings. The SMILES string of the molecule is CCc1ccc(C2NCC(=O)N2CCOC(C)C)cc1. The summed E-state index contributed by atoms with van der Waals surface area (Å²) < 4.78 is 5.55. The van der Waals surface area contributed by atoms with E-state index in [0.29, 0.717) is 19.7 Å². The van der Waals surface area contributed by atoms with Crippen molar-refractivity contribution in [3.8, 4) is 0 Å². The molecular formula is C16H24N2O2. The molecule has 110 valence electrons. The van der Waals surface area contributed by atoms with Gasteiger partial charge in [0.25, 0.3) is 0 Å². The number of aryl methyl sites for hydroxylation is 1. The summed E-state index contributed by atoms with van der Waals surface area (Å²) in [5.41, 5.74) is 2.45. The zero-order chi connectivity index (χ0) is 14.5. The first-order valence-corrected chi connectivity index (χ1v) is 7.35. The molecule has 0 saturated carbocycles. The minimum Gasteiger partial charge on any atom is -0.377 e. The highest BCUT2D eigenvalue weighted by molar-refractivity contribution is 5.80. The van der Waals surface area contributed by atoms with E-state index in [1.165, 1.54) is 5.56 Å². The van der Waals surface area contributed by atoms with Gasteiger partial charge in [0.1, 0.15) is 6.17 Å². The number of rotatable bonds is 6. The van der Waals surface area contributed by atoms with E-state index in [4.69, 9.17) is 4.74 Å². The van der Waals surface area contributed by atoms with Crippen molar-refractivity contribution in [1.82, 2.24) is 10.2 Å². The van der Waals surface area contributed by atoms with Crippen molar-refractivity contribution in [2.24, 2.45) is 0 Å². The average Bonchev–Trinajstić information content (AvgIpc) is 2.80. The molecule has 20 heavy (non-hydrogen) atoms. The van der Waals surface area contributed by atoms with Crippen LogP contribution in [0, 0.1) is 0 Å². The highest BCUT2D eigenvalue weighted by Gasteiger charge is 2.31. The molecule has 0 bridgehead atoms. The minimum atomic E-state index is -0.0239. The first-order chi connectivity index (χ1) is 9.61. The van der Waals surface area contributed by atoms with Crippen LogP contribution in [0.2, 0.25) is 0 Å². The summed E-state index contributed by atoms with van der Waals surface area (Å²) in [6.07, 6.45) is 1.20. The van der Waals surface area contributed by atoms with Crippen molar-refractivity contribution in [3.63, 3.8) is 0 Å². The van der Waals surface area contributed by atoms with Gasteiger partial charge < -0.3 is 9.64 Å². The monoisotopic (exact) mass is 276 g/mol. The van der Waals surface area contributed by atoms with Crippen LogP contribution in [-0.2, 0) is 16.0 Å². The highest BCUT2D eigenvalue weighted by Crippen LogP contribution is 2.22. The Morgan fingerprint density at radius 2 is 2.05 bits per heavy atom. The molecule has 1 unspecified atom stereocenters. The van der Waals surface area contributed by atoms with E-state index in [-0.39, 0.29) is 18.2 Å². The van der Waals surface area contributed by atoms with Crippen LogP contribution < -0.4 is 5.32 Å². The highest BCUT2D eigenvalue weighted by atomic mass is 16.5. The summed E-state index contributed by atoms with van der Waals surface area (Å²) in [6.45, 7) is 7.76. The van der Waals surface area contributed by atoms with Gasteiger partial charge in [-0.25, -0.2) is 0 Å². The lowest BCUT2D eigenvalue weighted by Gasteiger charge is -2.25. The molecule has 1 heterocycles. The molecule has 4 heteroatoms. The van der Waals surface area contributed by atoms with Crippen LogP contribution >= 0.6 is 0 Å². The average molecular weight is 276 g/mol. The van der Waals surface area contributed by atoms with Gasteiger partial charge in [-0.15, -0.1) is 0 Å². The number of amides is 1. The molecule has 1 fully saturated rings. The van der Waals surface area contributed by atoms with Gasteiger partial charge in [-0.1, -0.05) is 31.2 Å². The van der Waals surface area contributed by atoms with Crippen LogP contribution in [-0.4, -0.2) is 36.6 Å². The fourth-order valence-electron chi connectivity index (χ4n) is 2.41. The number of benzene rings is 1. The van der Waals surface area contributed by atoms with Crippen molar-refractivity contribution < 1.29 is 9.53 Å². The second kappa shape index (κ2) is 6.86. The van der Waals surface area contributed by atoms with Crippen molar-refractivity contribution in [2.75, 3.05) is 19.7 Å². The molecule has 0 aliphatic carbocycles. The van der Waals surface area contributed by atoms with Gasteiger partial charge in [-0.05, 0) is 31.4 Å². The van der Waals surface area contributed by atoms with Gasteiger partial charge in [0.2, 0.25) is 5.91 Å². The molecular weight excluding hydrogens is 252 g/mol. The Morgan fingerprint density at radius 3 is 2.65 bits per heavy atom. The molecule has 0 spiro atoms. The fraction of sp³-hybridized carbons (Fsp3) is 0.562. The Labute approximate surface area is 121 Å². The number of ether oxygens (including phenoxy) is 1. The van der Waals surface area contributed by atoms with Gasteiger partial charge in [0.05, 0.1) is 19.3 Å². The number of nitrogens with one attached hydrogen (secondary N) is 1. The predicted octanol–water partition coefficient (Wildman–Crippen LogP) is 2.10. The molecule has 1 saturated heterocycles. The van der Waals surface area contributed by atoms with E-state index < -0.39 is 0 Å². The van der Waals surface area contributed by atoms with Crippen molar-refractivity contribution in [1.29, 1.82) is 0 Å². The summed E-state index contributed by atoms with van der Waals surface area (Å²) in [4.78, 5) is 13.8. The van der Waals surface area contributed by atoms with Crippen molar-refractivity contribution >= 4 is 5.91 Å². The Kier molecular flexibility index (Phi) is 5.15. The molecule has 0 aromatic heterocycles. The molecule has 1 amide bonds. The molecule has 2 rings (SSSR count). The van der Waals surface area contributed by atoms with E-state index in [0.717, 1.165) is 12.0 Å². The maximum atomic E-state index is 12.0. The lowest BCUT2D eigenvalue weighted by molar-refractivity contribution is -0.129. The first kappa shape index (κ1) is 15.0. The zero-order valence-electron chi connectivity index (χ0n) is 12.6. The number of hydrogen-bond donors (Lipinski definition) is 1. The van der Waals surface area contributed by atoms with Crippen LogP contribution in [0.3, 0.4) is 0 Å². The third-order valence-electron chi connectivity index (χ3n) is 3.57. The fourth-order valence-corrected chi connectivity index (χ4v) is 2.41. The molecule has 1 aliphatic heterocycles. The molecule has 1 aliphatic rings. The van der Waals surface area contributed by atoms with Gasteiger partial charge in [-0.2, -0.15) is 0 Å². The quantitative estimate of drug-likeness (QED) is 0.865. The van der Waals surface area contributed by atoms with Crippen LogP contribution in [0.15, 0.2) is 24.3 Å². The summed E-state index contributed by atoms with van der Waals surface area (Å²) in [7, 11) is 0. The summed E-state index contributed by atoms with van der Waals surface area (Å²) >= 11 is 0. The van der Waals surface area contributed by atoms with Gasteiger partial charge in [0.15, 0.2) is 0 Å². The van der Waals surface area contributed by atoms with Crippen molar-refractivity contribution in [3.05, 3.63) is 35.4 Å². The minimum absolute atomic E-state index is 0.0239. The summed E-state index contributed by atoms with van der Waals surface area (Å²) in [5, 5.41) is 3.27. The standard InChI is InChI=1S/C16H24N2O2/c1-4-13-5-7-14(8-6-13)16-17-11-15(19)18(16)9-10-20-12(2)3/h5-8,12,16-17H,4,9-11H2,1-3H3. The Hall–Kier alpha value is -1.39. The summed E-state index contributed by atoms with van der Waals surface area (Å²) in [6, 6.07) is 8.46. The number of carbonyl (C=O) groups is 1. The van der Waals surface area contributed by atoms with E-state index in [9.17, 15) is 4.79 Å². The van der Waals surface area contributed by atoms with E-state index >= 15 is 0 Å².